The lowest BCUT2D eigenvalue weighted by atomic mass is 10.2. The highest BCUT2D eigenvalue weighted by molar-refractivity contribution is 7.11. The second kappa shape index (κ2) is 6.02. The summed E-state index contributed by atoms with van der Waals surface area (Å²) in [6, 6.07) is 7.72. The van der Waals surface area contributed by atoms with Crippen molar-refractivity contribution in [2.45, 2.75) is 19.6 Å². The zero-order valence-electron chi connectivity index (χ0n) is 12.6. The van der Waals surface area contributed by atoms with Gasteiger partial charge in [-0.15, -0.1) is 11.3 Å². The Morgan fingerprint density at radius 3 is 2.87 bits per heavy atom. The van der Waals surface area contributed by atoms with Gasteiger partial charge in [0.05, 0.1) is 17.6 Å². The van der Waals surface area contributed by atoms with E-state index in [0.717, 1.165) is 35.1 Å². The summed E-state index contributed by atoms with van der Waals surface area (Å²) >= 11 is 1.74. The third-order valence-electron chi connectivity index (χ3n) is 3.63. The first-order valence-electron chi connectivity index (χ1n) is 7.30. The van der Waals surface area contributed by atoms with Crippen LogP contribution in [0.5, 0.6) is 0 Å². The Labute approximate surface area is 137 Å². The number of rotatable bonds is 4. The first-order chi connectivity index (χ1) is 11.3. The van der Waals surface area contributed by atoms with Gasteiger partial charge in [0.25, 0.3) is 0 Å². The molecule has 3 heterocycles. The Balaban J connectivity index is 1.40. The summed E-state index contributed by atoms with van der Waals surface area (Å²) in [7, 11) is 2.11. The van der Waals surface area contributed by atoms with E-state index in [-0.39, 0.29) is 0 Å². The Kier molecular flexibility index (Phi) is 3.72. The van der Waals surface area contributed by atoms with E-state index in [9.17, 15) is 0 Å². The maximum absolute atomic E-state index is 5.26. The number of fused-ring (bicyclic) bond motifs is 1. The molecule has 0 radical (unpaired) electrons. The van der Waals surface area contributed by atoms with Gasteiger partial charge in [-0.25, -0.2) is 9.97 Å². The van der Waals surface area contributed by atoms with Crippen molar-refractivity contribution in [2.75, 3.05) is 7.05 Å². The second-order valence-electron chi connectivity index (χ2n) is 5.46. The molecule has 1 aromatic carbocycles. The van der Waals surface area contributed by atoms with E-state index in [1.54, 1.807) is 17.5 Å². The average molecular weight is 325 g/mol. The van der Waals surface area contributed by atoms with Crippen LogP contribution in [0.2, 0.25) is 0 Å². The van der Waals surface area contributed by atoms with E-state index < -0.39 is 0 Å². The van der Waals surface area contributed by atoms with Crippen LogP contribution >= 0.6 is 11.3 Å². The maximum Gasteiger partial charge on any atom is 0.181 e. The minimum absolute atomic E-state index is 0.533. The number of hydrogen-bond donors (Lipinski definition) is 0. The van der Waals surface area contributed by atoms with Crippen LogP contribution in [-0.2, 0) is 19.6 Å². The summed E-state index contributed by atoms with van der Waals surface area (Å²) in [4.78, 5) is 12.2. The lowest BCUT2D eigenvalue weighted by Gasteiger charge is -2.03. The fourth-order valence-corrected chi connectivity index (χ4v) is 3.61. The zero-order valence-corrected chi connectivity index (χ0v) is 13.5. The molecule has 1 aliphatic rings. The predicted octanol–water partition coefficient (Wildman–Crippen LogP) is 4.03. The standard InChI is InChI=1S/C16H15N5OS/c1-21-8-13-15(9-21)23-16(19-13)7-18-20-12-4-2-11(3-5-12)14-6-17-10-22-14/h2-6,10H,7-9H2,1H3. The minimum Gasteiger partial charge on any atom is -0.444 e. The fourth-order valence-electron chi connectivity index (χ4n) is 2.54. The quantitative estimate of drug-likeness (QED) is 0.679. The molecule has 116 valence electrons. The molecule has 0 fully saturated rings. The highest BCUT2D eigenvalue weighted by Gasteiger charge is 2.20. The van der Waals surface area contributed by atoms with Crippen LogP contribution in [0.3, 0.4) is 0 Å². The van der Waals surface area contributed by atoms with Crippen molar-refractivity contribution in [1.82, 2.24) is 14.9 Å². The smallest absolute Gasteiger partial charge is 0.181 e. The van der Waals surface area contributed by atoms with Crippen molar-refractivity contribution in [3.8, 4) is 11.3 Å². The molecule has 6 nitrogen and oxygen atoms in total. The Morgan fingerprint density at radius 1 is 1.26 bits per heavy atom. The van der Waals surface area contributed by atoms with E-state index in [2.05, 4.69) is 32.1 Å². The third kappa shape index (κ3) is 3.06. The van der Waals surface area contributed by atoms with Crippen molar-refractivity contribution >= 4 is 17.0 Å². The highest BCUT2D eigenvalue weighted by atomic mass is 32.1. The summed E-state index contributed by atoms with van der Waals surface area (Å²) in [5.41, 5.74) is 2.98. The molecule has 7 heteroatoms. The van der Waals surface area contributed by atoms with Gasteiger partial charge in [-0.2, -0.15) is 10.2 Å². The normalized spacial score (nSPS) is 14.7. The molecular weight excluding hydrogens is 310 g/mol. The van der Waals surface area contributed by atoms with Gasteiger partial charge in [0.15, 0.2) is 12.2 Å². The molecule has 4 rings (SSSR count). The third-order valence-corrected chi connectivity index (χ3v) is 4.70. The highest BCUT2D eigenvalue weighted by Crippen LogP contribution is 2.28. The van der Waals surface area contributed by atoms with Crippen molar-refractivity contribution in [2.24, 2.45) is 10.2 Å². The van der Waals surface area contributed by atoms with E-state index in [1.807, 2.05) is 24.3 Å². The molecule has 0 saturated carbocycles. The molecule has 0 atom stereocenters. The number of thiazole rings is 1. The van der Waals surface area contributed by atoms with Gasteiger partial charge in [0.1, 0.15) is 11.6 Å². The lowest BCUT2D eigenvalue weighted by molar-refractivity contribution is 0.351. The molecule has 0 saturated heterocycles. The first-order valence-corrected chi connectivity index (χ1v) is 8.12. The summed E-state index contributed by atoms with van der Waals surface area (Å²) < 4.78 is 5.26. The molecular formula is C16H15N5OS. The molecule has 3 aromatic rings. The number of hydrogen-bond acceptors (Lipinski definition) is 7. The molecule has 0 amide bonds. The van der Waals surface area contributed by atoms with Gasteiger partial charge >= 0.3 is 0 Å². The van der Waals surface area contributed by atoms with E-state index in [1.165, 1.54) is 17.0 Å². The van der Waals surface area contributed by atoms with Crippen LogP contribution in [0, 0.1) is 0 Å². The number of azo groups is 1. The molecule has 23 heavy (non-hydrogen) atoms. The predicted molar refractivity (Wildman–Crippen MR) is 87.4 cm³/mol. The molecule has 2 aromatic heterocycles. The Morgan fingerprint density at radius 2 is 2.13 bits per heavy atom. The van der Waals surface area contributed by atoms with Gasteiger partial charge in [0, 0.05) is 23.5 Å². The van der Waals surface area contributed by atoms with Gasteiger partial charge in [-0.1, -0.05) is 0 Å². The molecule has 0 aliphatic carbocycles. The summed E-state index contributed by atoms with van der Waals surface area (Å²) in [6.07, 6.45) is 3.11. The van der Waals surface area contributed by atoms with E-state index >= 15 is 0 Å². The van der Waals surface area contributed by atoms with Crippen molar-refractivity contribution in [3.63, 3.8) is 0 Å². The van der Waals surface area contributed by atoms with E-state index in [4.69, 9.17) is 4.42 Å². The van der Waals surface area contributed by atoms with E-state index in [0.29, 0.717) is 6.54 Å². The molecule has 1 aliphatic heterocycles. The SMILES string of the molecule is CN1Cc2nc(CN=Nc3ccc(-c4cnco4)cc3)sc2C1. The maximum atomic E-state index is 5.26. The summed E-state index contributed by atoms with van der Waals surface area (Å²) in [6.45, 7) is 2.46. The zero-order chi connectivity index (χ0) is 15.6. The summed E-state index contributed by atoms with van der Waals surface area (Å²) in [5, 5.41) is 9.55. The van der Waals surface area contributed by atoms with Crippen molar-refractivity contribution in [1.29, 1.82) is 0 Å². The van der Waals surface area contributed by atoms with Gasteiger partial charge in [0.2, 0.25) is 0 Å². The minimum atomic E-state index is 0.533. The number of benzene rings is 1. The second-order valence-corrected chi connectivity index (χ2v) is 6.63. The van der Waals surface area contributed by atoms with Crippen molar-refractivity contribution < 1.29 is 4.42 Å². The first kappa shape index (κ1) is 14.2. The van der Waals surface area contributed by atoms with Gasteiger partial charge in [-0.3, -0.25) is 4.90 Å². The summed E-state index contributed by atoms with van der Waals surface area (Å²) in [5.74, 6) is 0.746. The van der Waals surface area contributed by atoms with Gasteiger partial charge < -0.3 is 4.42 Å². The Hall–Kier alpha value is -2.38. The molecule has 0 bridgehead atoms. The Bertz CT molecular complexity index is 799. The van der Waals surface area contributed by atoms with Crippen LogP contribution in [-0.4, -0.2) is 21.9 Å². The number of nitrogens with zero attached hydrogens (tertiary/aromatic N) is 5. The topological polar surface area (TPSA) is 66.9 Å². The number of aromatic nitrogens is 2. The van der Waals surface area contributed by atoms with Crippen LogP contribution < -0.4 is 0 Å². The number of oxazole rings is 1. The van der Waals surface area contributed by atoms with Crippen LogP contribution in [0.1, 0.15) is 15.6 Å². The van der Waals surface area contributed by atoms with Crippen LogP contribution in [0.25, 0.3) is 11.3 Å². The van der Waals surface area contributed by atoms with Crippen LogP contribution in [0.15, 0.2) is 51.5 Å². The van der Waals surface area contributed by atoms with Crippen molar-refractivity contribution in [3.05, 3.63) is 52.4 Å². The molecule has 0 unspecified atom stereocenters. The molecule has 0 N–H and O–H groups in total. The van der Waals surface area contributed by atoms with Crippen LogP contribution in [0.4, 0.5) is 5.69 Å². The fraction of sp³-hybridized carbons (Fsp3) is 0.250. The average Bonchev–Trinajstić information content (AvgIpc) is 3.24. The molecule has 0 spiro atoms. The van der Waals surface area contributed by atoms with Gasteiger partial charge in [-0.05, 0) is 31.3 Å². The monoisotopic (exact) mass is 325 g/mol. The largest absolute Gasteiger partial charge is 0.444 e. The lowest BCUT2D eigenvalue weighted by Crippen LogP contribution is -2.08.